The predicted molar refractivity (Wildman–Crippen MR) is 156 cm³/mol. The summed E-state index contributed by atoms with van der Waals surface area (Å²) in [4.78, 5) is 26.1. The number of nitrogens with one attached hydrogen (secondary N) is 3. The van der Waals surface area contributed by atoms with E-state index in [1.165, 1.54) is 0 Å². The highest BCUT2D eigenvalue weighted by Gasteiger charge is 2.15. The standard InChI is InChI=1S/C30H40N6O4/c1-3-17-31-27(37)25-16-13-23-20-26(25)40-19-10-8-6-5-7-9-18-39-24-14-11-22(12-15-24)21-32-28-34-29(33-23)36-30(35-28)38-4-2/h11-16,20H,3-10,17-19,21H2,1-2H3,(H,31,37)(H2,32,33,34,35,36). The highest BCUT2D eigenvalue weighted by atomic mass is 16.5. The maximum absolute atomic E-state index is 12.8. The first-order chi connectivity index (χ1) is 19.6. The van der Waals surface area contributed by atoms with Crippen LogP contribution in [0.4, 0.5) is 17.6 Å². The predicted octanol–water partition coefficient (Wildman–Crippen LogP) is 5.88. The Kier molecular flexibility index (Phi) is 11.2. The first-order valence-electron chi connectivity index (χ1n) is 14.3. The van der Waals surface area contributed by atoms with E-state index in [1.54, 1.807) is 6.07 Å². The van der Waals surface area contributed by atoms with E-state index in [9.17, 15) is 4.79 Å². The quantitative estimate of drug-likeness (QED) is 0.359. The number of ether oxygens (including phenoxy) is 3. The molecule has 3 N–H and O–H groups in total. The molecule has 0 radical (unpaired) electrons. The van der Waals surface area contributed by atoms with Crippen molar-refractivity contribution >= 4 is 23.5 Å². The molecule has 2 aliphatic heterocycles. The summed E-state index contributed by atoms with van der Waals surface area (Å²) in [6, 6.07) is 13.6. The molecule has 5 rings (SSSR count). The molecule has 0 saturated carbocycles. The van der Waals surface area contributed by atoms with Crippen LogP contribution in [0.5, 0.6) is 17.5 Å². The van der Waals surface area contributed by atoms with Crippen molar-refractivity contribution in [1.82, 2.24) is 20.3 Å². The van der Waals surface area contributed by atoms with Crippen molar-refractivity contribution in [3.05, 3.63) is 53.6 Å². The number of fused-ring (bicyclic) bond motifs is 12. The third-order valence-electron chi connectivity index (χ3n) is 6.35. The fraction of sp³-hybridized carbons (Fsp3) is 0.467. The molecule has 3 aromatic rings. The van der Waals surface area contributed by atoms with Crippen molar-refractivity contribution in [1.29, 1.82) is 0 Å². The average molecular weight is 549 g/mol. The van der Waals surface area contributed by atoms with Gasteiger partial charge in [-0.3, -0.25) is 4.79 Å². The van der Waals surface area contributed by atoms with Crippen molar-refractivity contribution < 1.29 is 19.0 Å². The zero-order valence-electron chi connectivity index (χ0n) is 23.5. The van der Waals surface area contributed by atoms with Crippen molar-refractivity contribution in [2.75, 3.05) is 37.0 Å². The van der Waals surface area contributed by atoms with Crippen LogP contribution in [0.2, 0.25) is 0 Å². The lowest BCUT2D eigenvalue weighted by molar-refractivity contribution is 0.0949. The number of carbonyl (C=O) groups excluding carboxylic acids is 1. The Morgan fingerprint density at radius 2 is 1.62 bits per heavy atom. The van der Waals surface area contributed by atoms with Gasteiger partial charge in [0.2, 0.25) is 11.9 Å². The van der Waals surface area contributed by atoms with Crippen molar-refractivity contribution in [3.8, 4) is 17.5 Å². The molecule has 2 aromatic carbocycles. The van der Waals surface area contributed by atoms with E-state index >= 15 is 0 Å². The van der Waals surface area contributed by atoms with Gasteiger partial charge >= 0.3 is 6.01 Å². The summed E-state index contributed by atoms with van der Waals surface area (Å²) < 4.78 is 17.6. The van der Waals surface area contributed by atoms with Gasteiger partial charge in [0, 0.05) is 24.8 Å². The summed E-state index contributed by atoms with van der Waals surface area (Å²) in [5.74, 6) is 1.94. The van der Waals surface area contributed by atoms with Gasteiger partial charge in [0.15, 0.2) is 0 Å². The highest BCUT2D eigenvalue weighted by Crippen LogP contribution is 2.26. The lowest BCUT2D eigenvalue weighted by Gasteiger charge is -2.15. The molecule has 0 unspecified atom stereocenters. The molecule has 10 nitrogen and oxygen atoms in total. The van der Waals surface area contributed by atoms with Crippen molar-refractivity contribution in [3.63, 3.8) is 0 Å². The van der Waals surface area contributed by atoms with Crippen LogP contribution in [0.1, 0.15) is 74.7 Å². The smallest absolute Gasteiger partial charge is 0.323 e. The Hall–Kier alpha value is -4.08. The average Bonchev–Trinajstić information content (AvgIpc) is 2.96. The lowest BCUT2D eigenvalue weighted by Crippen LogP contribution is -2.24. The first kappa shape index (κ1) is 28.9. The molecule has 10 heteroatoms. The number of amides is 1. The van der Waals surface area contributed by atoms with E-state index in [2.05, 4.69) is 30.9 Å². The SMILES string of the molecule is CCCNC(=O)c1ccc2cc1OCCCCCCCCOc1ccc(cc1)CNc1nc(nc(OCC)n1)N2. The van der Waals surface area contributed by atoms with Gasteiger partial charge in [-0.15, -0.1) is 0 Å². The Bertz CT molecular complexity index is 1220. The molecule has 3 heterocycles. The number of aromatic nitrogens is 3. The normalized spacial score (nSPS) is 14.6. The molecular weight excluding hydrogens is 508 g/mol. The summed E-state index contributed by atoms with van der Waals surface area (Å²) >= 11 is 0. The summed E-state index contributed by atoms with van der Waals surface area (Å²) in [5, 5.41) is 9.42. The van der Waals surface area contributed by atoms with Crippen LogP contribution in [0.3, 0.4) is 0 Å². The number of anilines is 3. The molecule has 2 aliphatic rings. The zero-order valence-corrected chi connectivity index (χ0v) is 23.5. The van der Waals surface area contributed by atoms with Crippen LogP contribution in [0.25, 0.3) is 0 Å². The van der Waals surface area contributed by atoms with E-state index in [0.29, 0.717) is 61.8 Å². The van der Waals surface area contributed by atoms with Crippen LogP contribution in [0, 0.1) is 0 Å². The second-order valence-corrected chi connectivity index (χ2v) is 9.61. The molecule has 6 bridgehead atoms. The van der Waals surface area contributed by atoms with Gasteiger partial charge in [-0.1, -0.05) is 44.7 Å². The fourth-order valence-electron chi connectivity index (χ4n) is 4.22. The fourth-order valence-corrected chi connectivity index (χ4v) is 4.22. The number of rotatable bonds is 5. The van der Waals surface area contributed by atoms with Crippen LogP contribution in [0.15, 0.2) is 42.5 Å². The maximum atomic E-state index is 12.8. The topological polar surface area (TPSA) is 120 Å². The molecule has 0 saturated heterocycles. The second kappa shape index (κ2) is 15.5. The van der Waals surface area contributed by atoms with E-state index < -0.39 is 0 Å². The van der Waals surface area contributed by atoms with Gasteiger partial charge in [-0.2, -0.15) is 15.0 Å². The Labute approximate surface area is 236 Å². The maximum Gasteiger partial charge on any atom is 0.323 e. The summed E-state index contributed by atoms with van der Waals surface area (Å²) in [6.45, 7) is 6.69. The second-order valence-electron chi connectivity index (χ2n) is 9.61. The number of hydrogen-bond acceptors (Lipinski definition) is 9. The molecule has 0 spiro atoms. The monoisotopic (exact) mass is 548 g/mol. The molecule has 0 fully saturated rings. The van der Waals surface area contributed by atoms with Gasteiger partial charge in [0.1, 0.15) is 11.5 Å². The third kappa shape index (κ3) is 9.00. The largest absolute Gasteiger partial charge is 0.494 e. The number of carbonyl (C=O) groups is 1. The van der Waals surface area contributed by atoms with Crippen molar-refractivity contribution in [2.45, 2.75) is 65.3 Å². The molecule has 214 valence electrons. The van der Waals surface area contributed by atoms with Gasteiger partial charge in [-0.05, 0) is 56.0 Å². The van der Waals surface area contributed by atoms with Crippen LogP contribution < -0.4 is 30.2 Å². The van der Waals surface area contributed by atoms with E-state index in [1.807, 2.05) is 50.2 Å². The minimum Gasteiger partial charge on any atom is -0.494 e. The minimum absolute atomic E-state index is 0.152. The lowest BCUT2D eigenvalue weighted by atomic mass is 10.1. The Morgan fingerprint density at radius 1 is 0.900 bits per heavy atom. The third-order valence-corrected chi connectivity index (χ3v) is 6.35. The Balaban J connectivity index is 1.58. The number of nitrogens with zero attached hydrogens (tertiary/aromatic N) is 3. The van der Waals surface area contributed by atoms with Gasteiger partial charge < -0.3 is 30.2 Å². The molecule has 1 amide bonds. The molecule has 0 aliphatic carbocycles. The van der Waals surface area contributed by atoms with Crippen molar-refractivity contribution in [2.24, 2.45) is 0 Å². The molecular formula is C30H40N6O4. The van der Waals surface area contributed by atoms with Gasteiger partial charge in [0.25, 0.3) is 5.91 Å². The molecule has 0 atom stereocenters. The highest BCUT2D eigenvalue weighted by molar-refractivity contribution is 5.97. The van der Waals surface area contributed by atoms with Gasteiger partial charge in [0.05, 0.1) is 25.4 Å². The first-order valence-corrected chi connectivity index (χ1v) is 14.3. The van der Waals surface area contributed by atoms with Crippen LogP contribution >= 0.6 is 0 Å². The number of benzene rings is 2. The van der Waals surface area contributed by atoms with E-state index in [-0.39, 0.29) is 11.9 Å². The van der Waals surface area contributed by atoms with E-state index in [4.69, 9.17) is 14.2 Å². The van der Waals surface area contributed by atoms with E-state index in [0.717, 1.165) is 56.3 Å². The van der Waals surface area contributed by atoms with Crippen LogP contribution in [-0.4, -0.2) is 47.2 Å². The molecule has 40 heavy (non-hydrogen) atoms. The Morgan fingerprint density at radius 3 is 2.38 bits per heavy atom. The zero-order chi connectivity index (χ0) is 28.0. The van der Waals surface area contributed by atoms with Crippen LogP contribution in [-0.2, 0) is 6.54 Å². The van der Waals surface area contributed by atoms with Gasteiger partial charge in [-0.25, -0.2) is 0 Å². The number of hydrogen-bond donors (Lipinski definition) is 3. The summed E-state index contributed by atoms with van der Waals surface area (Å²) in [7, 11) is 0. The summed E-state index contributed by atoms with van der Waals surface area (Å²) in [5.41, 5.74) is 2.26. The summed E-state index contributed by atoms with van der Waals surface area (Å²) in [6.07, 6.45) is 7.30. The minimum atomic E-state index is -0.152. The molecule has 1 aromatic heterocycles.